The number of benzene rings is 3. The summed E-state index contributed by atoms with van der Waals surface area (Å²) in [4.78, 5) is 0. The van der Waals surface area contributed by atoms with Crippen molar-refractivity contribution < 1.29 is 27.0 Å². The van der Waals surface area contributed by atoms with Crippen LogP contribution >= 0.6 is 15.9 Å². The maximum Gasteiger partial charge on any atom is 0.397 e. The Labute approximate surface area is 174 Å². The molecule has 1 atom stereocenters. The third-order valence-corrected chi connectivity index (χ3v) is 4.72. The molecule has 152 valence electrons. The van der Waals surface area contributed by atoms with E-state index in [1.165, 1.54) is 30.3 Å². The van der Waals surface area contributed by atoms with Crippen LogP contribution in [0.25, 0.3) is 0 Å². The molecule has 3 rings (SSSR count). The van der Waals surface area contributed by atoms with Crippen molar-refractivity contribution in [1.29, 1.82) is 0 Å². The third kappa shape index (κ3) is 6.05. The Kier molecular flexibility index (Phi) is 6.92. The van der Waals surface area contributed by atoms with E-state index >= 15 is 0 Å². The summed E-state index contributed by atoms with van der Waals surface area (Å²) in [7, 11) is 0. The molecule has 0 spiro atoms. The second-order valence-corrected chi connectivity index (χ2v) is 7.26. The highest BCUT2D eigenvalue weighted by Crippen LogP contribution is 2.36. The van der Waals surface area contributed by atoms with Gasteiger partial charge in [0.1, 0.15) is 11.7 Å². The van der Waals surface area contributed by atoms with E-state index in [-0.39, 0.29) is 17.9 Å². The van der Waals surface area contributed by atoms with Crippen LogP contribution in [0.1, 0.15) is 17.0 Å². The second kappa shape index (κ2) is 9.41. The van der Waals surface area contributed by atoms with Gasteiger partial charge in [-0.1, -0.05) is 52.3 Å². The fourth-order valence-electron chi connectivity index (χ4n) is 2.70. The van der Waals surface area contributed by atoms with Crippen molar-refractivity contribution in [3.8, 4) is 11.5 Å². The fraction of sp³-hybridized carbons (Fsp3) is 0.182. The van der Waals surface area contributed by atoms with E-state index in [1.54, 1.807) is 42.5 Å². The Morgan fingerprint density at radius 3 is 2.24 bits per heavy atom. The molecule has 0 aliphatic heterocycles. The van der Waals surface area contributed by atoms with Crippen LogP contribution in [0.15, 0.2) is 77.3 Å². The van der Waals surface area contributed by atoms with Crippen LogP contribution in [-0.2, 0) is 11.3 Å². The zero-order valence-corrected chi connectivity index (χ0v) is 16.7. The first-order valence-electron chi connectivity index (χ1n) is 8.74. The van der Waals surface area contributed by atoms with Gasteiger partial charge in [-0.3, -0.25) is 0 Å². The highest BCUT2D eigenvalue weighted by molar-refractivity contribution is 9.10. The number of para-hydroxylation sites is 1. The Balaban J connectivity index is 1.67. The molecule has 0 fully saturated rings. The van der Waals surface area contributed by atoms with Gasteiger partial charge in [0.25, 0.3) is 0 Å². The first-order valence-corrected chi connectivity index (χ1v) is 9.53. The smallest absolute Gasteiger partial charge is 0.397 e. The Morgan fingerprint density at radius 1 is 0.897 bits per heavy atom. The topological polar surface area (TPSA) is 18.5 Å². The molecule has 3 aromatic rings. The van der Waals surface area contributed by atoms with Gasteiger partial charge in [0.05, 0.1) is 13.2 Å². The van der Waals surface area contributed by atoms with Crippen molar-refractivity contribution in [3.63, 3.8) is 0 Å². The van der Waals surface area contributed by atoms with Crippen LogP contribution in [0, 0.1) is 5.82 Å². The summed E-state index contributed by atoms with van der Waals surface area (Å²) in [5, 5.41) is 0. The number of ether oxygens (including phenoxy) is 2. The van der Waals surface area contributed by atoms with Gasteiger partial charge in [0, 0.05) is 4.47 Å². The molecule has 0 heterocycles. The van der Waals surface area contributed by atoms with Crippen LogP contribution in [0.3, 0.4) is 0 Å². The first kappa shape index (κ1) is 21.3. The maximum atomic E-state index is 14.0. The lowest BCUT2D eigenvalue weighted by molar-refractivity contribution is -0.163. The molecule has 7 heteroatoms. The average molecular weight is 469 g/mol. The number of halogens is 5. The van der Waals surface area contributed by atoms with Crippen molar-refractivity contribution in [3.05, 3.63) is 94.2 Å². The van der Waals surface area contributed by atoms with Gasteiger partial charge in [0.2, 0.25) is 0 Å². The predicted molar refractivity (Wildman–Crippen MR) is 106 cm³/mol. The van der Waals surface area contributed by atoms with Crippen molar-refractivity contribution >= 4 is 15.9 Å². The van der Waals surface area contributed by atoms with Gasteiger partial charge in [0.15, 0.2) is 11.6 Å². The molecule has 3 aromatic carbocycles. The quantitative estimate of drug-likeness (QED) is 0.340. The molecule has 0 saturated heterocycles. The van der Waals surface area contributed by atoms with Crippen LogP contribution in [-0.4, -0.2) is 12.8 Å². The van der Waals surface area contributed by atoms with E-state index in [0.717, 1.165) is 0 Å². The molecule has 0 bridgehead atoms. The summed E-state index contributed by atoms with van der Waals surface area (Å²) in [6, 6.07) is 18.7. The molecule has 2 nitrogen and oxygen atoms in total. The Hall–Kier alpha value is -2.38. The monoisotopic (exact) mass is 468 g/mol. The molecule has 29 heavy (non-hydrogen) atoms. The number of alkyl halides is 3. The SMILES string of the molecule is Fc1ccc(COCC(c2ccc(Br)cc2)C(F)(F)F)cc1Oc1ccccc1. The van der Waals surface area contributed by atoms with E-state index in [9.17, 15) is 17.6 Å². The standard InChI is InChI=1S/C22H17BrF4O2/c23-17-9-7-16(8-10-17)19(22(25,26)27)14-28-13-15-6-11-20(24)21(12-15)29-18-4-2-1-3-5-18/h1-12,19H,13-14H2. The van der Waals surface area contributed by atoms with Gasteiger partial charge in [-0.15, -0.1) is 0 Å². The molecule has 0 amide bonds. The summed E-state index contributed by atoms with van der Waals surface area (Å²) in [5.74, 6) is -1.88. The fourth-order valence-corrected chi connectivity index (χ4v) is 2.97. The largest absolute Gasteiger partial charge is 0.454 e. The zero-order valence-electron chi connectivity index (χ0n) is 15.1. The molecule has 0 aliphatic carbocycles. The molecule has 0 N–H and O–H groups in total. The van der Waals surface area contributed by atoms with Crippen LogP contribution in [0.2, 0.25) is 0 Å². The molecular formula is C22H17BrF4O2. The summed E-state index contributed by atoms with van der Waals surface area (Å²) in [6.07, 6.45) is -4.45. The molecular weight excluding hydrogens is 452 g/mol. The second-order valence-electron chi connectivity index (χ2n) is 6.34. The van der Waals surface area contributed by atoms with Gasteiger partial charge in [-0.25, -0.2) is 4.39 Å². The third-order valence-electron chi connectivity index (χ3n) is 4.19. The van der Waals surface area contributed by atoms with Crippen molar-refractivity contribution in [2.75, 3.05) is 6.61 Å². The van der Waals surface area contributed by atoms with Crippen molar-refractivity contribution in [2.45, 2.75) is 18.7 Å². The lowest BCUT2D eigenvalue weighted by Crippen LogP contribution is -2.25. The molecule has 0 saturated carbocycles. The highest BCUT2D eigenvalue weighted by atomic mass is 79.9. The zero-order chi connectivity index (χ0) is 20.9. The maximum absolute atomic E-state index is 14.0. The van der Waals surface area contributed by atoms with Gasteiger partial charge in [-0.05, 0) is 47.5 Å². The summed E-state index contributed by atoms with van der Waals surface area (Å²) < 4.78 is 65.8. The minimum atomic E-state index is -4.45. The Bertz CT molecular complexity index is 928. The number of rotatable bonds is 7. The summed E-state index contributed by atoms with van der Waals surface area (Å²) in [6.45, 7) is -0.647. The van der Waals surface area contributed by atoms with Crippen LogP contribution in [0.5, 0.6) is 11.5 Å². The molecule has 0 aliphatic rings. The number of hydrogen-bond donors (Lipinski definition) is 0. The van der Waals surface area contributed by atoms with Gasteiger partial charge < -0.3 is 9.47 Å². The first-order chi connectivity index (χ1) is 13.8. The molecule has 1 unspecified atom stereocenters. The number of hydrogen-bond acceptors (Lipinski definition) is 2. The molecule has 0 radical (unpaired) electrons. The van der Waals surface area contributed by atoms with E-state index in [1.807, 2.05) is 0 Å². The highest BCUT2D eigenvalue weighted by Gasteiger charge is 2.40. The summed E-state index contributed by atoms with van der Waals surface area (Å²) in [5.41, 5.74) is 0.627. The lowest BCUT2D eigenvalue weighted by atomic mass is 9.99. The predicted octanol–water partition coefficient (Wildman–Crippen LogP) is 7.24. The minimum Gasteiger partial charge on any atom is -0.454 e. The van der Waals surface area contributed by atoms with Crippen LogP contribution < -0.4 is 4.74 Å². The Morgan fingerprint density at radius 2 is 1.59 bits per heavy atom. The van der Waals surface area contributed by atoms with Crippen molar-refractivity contribution in [2.24, 2.45) is 0 Å². The van der Waals surface area contributed by atoms with E-state index in [2.05, 4.69) is 15.9 Å². The summed E-state index contributed by atoms with van der Waals surface area (Å²) >= 11 is 3.21. The average Bonchev–Trinajstić information content (AvgIpc) is 2.68. The molecule has 0 aromatic heterocycles. The van der Waals surface area contributed by atoms with Crippen LogP contribution in [0.4, 0.5) is 17.6 Å². The van der Waals surface area contributed by atoms with Gasteiger partial charge in [-0.2, -0.15) is 13.2 Å². The van der Waals surface area contributed by atoms with Crippen molar-refractivity contribution in [1.82, 2.24) is 0 Å². The van der Waals surface area contributed by atoms with E-state index in [0.29, 0.717) is 15.8 Å². The normalized spacial score (nSPS) is 12.6. The lowest BCUT2D eigenvalue weighted by Gasteiger charge is -2.21. The van der Waals surface area contributed by atoms with Gasteiger partial charge >= 0.3 is 6.18 Å². The van der Waals surface area contributed by atoms with E-state index in [4.69, 9.17) is 9.47 Å². The minimum absolute atomic E-state index is 0.0161. The van der Waals surface area contributed by atoms with E-state index < -0.39 is 24.5 Å².